The molecule has 1 atom stereocenters. The minimum Gasteiger partial charge on any atom is -0.394 e. The van der Waals surface area contributed by atoms with Crippen LogP contribution in [0.1, 0.15) is 33.1 Å². The molecule has 15 heavy (non-hydrogen) atoms. The topological polar surface area (TPSA) is 58.9 Å². The van der Waals surface area contributed by atoms with Gasteiger partial charge in [0.2, 0.25) is 0 Å². The summed E-state index contributed by atoms with van der Waals surface area (Å²) in [6.07, 6.45) is 4.86. The lowest BCUT2D eigenvalue weighted by molar-refractivity contribution is 0.0502. The van der Waals surface area contributed by atoms with Gasteiger partial charge in [-0.2, -0.15) is 0 Å². The molecule has 0 amide bonds. The van der Waals surface area contributed by atoms with E-state index in [2.05, 4.69) is 18.6 Å². The number of aliphatic hydroxyl groups excluding tert-OH is 2. The van der Waals surface area contributed by atoms with Crippen molar-refractivity contribution in [2.75, 3.05) is 26.4 Å². The van der Waals surface area contributed by atoms with Crippen molar-refractivity contribution in [1.29, 1.82) is 0 Å². The Morgan fingerprint density at radius 1 is 1.20 bits per heavy atom. The summed E-state index contributed by atoms with van der Waals surface area (Å²) in [4.78, 5) is 0. The van der Waals surface area contributed by atoms with Gasteiger partial charge in [0.1, 0.15) is 0 Å². The third-order valence-corrected chi connectivity index (χ3v) is 2.00. The largest absolute Gasteiger partial charge is 0.394 e. The maximum absolute atomic E-state index is 8.09. The molecule has 0 radical (unpaired) electrons. The normalized spacial score (nSPS) is 16.8. The van der Waals surface area contributed by atoms with Crippen molar-refractivity contribution in [2.24, 2.45) is 0 Å². The lowest BCUT2D eigenvalue weighted by atomic mass is 10.3. The van der Waals surface area contributed by atoms with Gasteiger partial charge in [-0.05, 0) is 26.2 Å². The average molecular weight is 220 g/mol. The van der Waals surface area contributed by atoms with Crippen LogP contribution in [0.15, 0.2) is 0 Å². The van der Waals surface area contributed by atoms with E-state index in [4.69, 9.17) is 14.9 Å². The Balaban J connectivity index is 0.000000265. The Hall–Kier alpha value is -0.160. The zero-order chi connectivity index (χ0) is 11.5. The molecule has 0 aromatic heterocycles. The molecule has 0 spiro atoms. The molecule has 1 unspecified atom stereocenters. The summed E-state index contributed by atoms with van der Waals surface area (Å²) in [5.41, 5.74) is 0. The summed E-state index contributed by atoms with van der Waals surface area (Å²) in [7, 11) is 0. The molecule has 1 rings (SSSR count). The second-order valence-corrected chi connectivity index (χ2v) is 3.61. The third kappa shape index (κ3) is 11.8. The molecule has 0 aliphatic heterocycles. The van der Waals surface area contributed by atoms with Crippen LogP contribution in [0, 0.1) is 0 Å². The lowest BCUT2D eigenvalue weighted by Crippen LogP contribution is -2.07. The molecule has 92 valence electrons. The second-order valence-electron chi connectivity index (χ2n) is 3.61. The van der Waals surface area contributed by atoms with Gasteiger partial charge >= 0.3 is 0 Å². The number of hydrogen-bond donors (Lipinski definition) is 2. The molecule has 1 fully saturated rings. The van der Waals surface area contributed by atoms with Gasteiger partial charge in [0, 0.05) is 0 Å². The summed E-state index contributed by atoms with van der Waals surface area (Å²) in [6, 6.07) is 0. The van der Waals surface area contributed by atoms with Crippen LogP contribution in [0.2, 0.25) is 0 Å². The molecule has 4 heteroatoms. The average Bonchev–Trinajstić information content (AvgIpc) is 3.03. The van der Waals surface area contributed by atoms with E-state index in [1.54, 1.807) is 0 Å². The van der Waals surface area contributed by atoms with Gasteiger partial charge in [-0.1, -0.05) is 6.92 Å². The number of hydrogen-bond acceptors (Lipinski definition) is 4. The van der Waals surface area contributed by atoms with Gasteiger partial charge in [0.25, 0.3) is 0 Å². The highest BCUT2D eigenvalue weighted by Crippen LogP contribution is 2.25. The summed E-state index contributed by atoms with van der Waals surface area (Å²) in [6.45, 7) is 4.99. The molecular formula is C11H24O4. The van der Waals surface area contributed by atoms with Crippen LogP contribution in [0.25, 0.3) is 0 Å². The first kappa shape index (κ1) is 14.8. The molecule has 0 heterocycles. The summed E-state index contributed by atoms with van der Waals surface area (Å²) >= 11 is 0. The zero-order valence-corrected chi connectivity index (χ0v) is 9.82. The molecular weight excluding hydrogens is 196 g/mol. The first-order valence-electron chi connectivity index (χ1n) is 5.69. The third-order valence-electron chi connectivity index (χ3n) is 2.00. The van der Waals surface area contributed by atoms with E-state index in [0.29, 0.717) is 25.4 Å². The number of aliphatic hydroxyl groups is 2. The fraction of sp³-hybridized carbons (Fsp3) is 1.00. The van der Waals surface area contributed by atoms with E-state index >= 15 is 0 Å². The van der Waals surface area contributed by atoms with Gasteiger partial charge < -0.3 is 19.7 Å². The van der Waals surface area contributed by atoms with Crippen LogP contribution < -0.4 is 0 Å². The highest BCUT2D eigenvalue weighted by Gasteiger charge is 2.23. The Bertz CT molecular complexity index is 122. The van der Waals surface area contributed by atoms with Crippen LogP contribution in [-0.2, 0) is 9.47 Å². The lowest BCUT2D eigenvalue weighted by Gasteiger charge is -2.07. The van der Waals surface area contributed by atoms with Crippen LogP contribution in [0.3, 0.4) is 0 Å². The molecule has 1 saturated carbocycles. The van der Waals surface area contributed by atoms with Crippen molar-refractivity contribution in [1.82, 2.24) is 0 Å². The van der Waals surface area contributed by atoms with Crippen LogP contribution >= 0.6 is 0 Å². The van der Waals surface area contributed by atoms with Crippen molar-refractivity contribution in [2.45, 2.75) is 45.3 Å². The zero-order valence-electron chi connectivity index (χ0n) is 9.82. The van der Waals surface area contributed by atoms with Gasteiger partial charge in [-0.25, -0.2) is 0 Å². The number of rotatable bonds is 7. The van der Waals surface area contributed by atoms with Crippen LogP contribution in [-0.4, -0.2) is 48.8 Å². The summed E-state index contributed by atoms with van der Waals surface area (Å²) < 4.78 is 10.1. The molecule has 2 N–H and O–H groups in total. The fourth-order valence-electron chi connectivity index (χ4n) is 0.860. The van der Waals surface area contributed by atoms with E-state index in [1.807, 2.05) is 0 Å². The van der Waals surface area contributed by atoms with E-state index in [0.717, 1.165) is 6.42 Å². The molecule has 4 nitrogen and oxygen atoms in total. The Morgan fingerprint density at radius 3 is 2.07 bits per heavy atom. The van der Waals surface area contributed by atoms with Gasteiger partial charge in [0.05, 0.1) is 38.6 Å². The SMILES string of the molecule is CCC(C)OC1CC1.OCCOCCO. The number of ether oxygens (including phenoxy) is 2. The van der Waals surface area contributed by atoms with E-state index in [1.165, 1.54) is 12.8 Å². The molecule has 0 bridgehead atoms. The minimum atomic E-state index is 0.0278. The smallest absolute Gasteiger partial charge is 0.0698 e. The van der Waals surface area contributed by atoms with Gasteiger partial charge in [-0.15, -0.1) is 0 Å². The quantitative estimate of drug-likeness (QED) is 0.627. The predicted octanol–water partition coefficient (Wildman–Crippen LogP) is 0.951. The Kier molecular flexibility index (Phi) is 10.3. The molecule has 0 saturated heterocycles. The highest BCUT2D eigenvalue weighted by atomic mass is 16.5. The maximum Gasteiger partial charge on any atom is 0.0698 e. The van der Waals surface area contributed by atoms with Crippen molar-refractivity contribution in [3.05, 3.63) is 0 Å². The first-order chi connectivity index (χ1) is 7.24. The van der Waals surface area contributed by atoms with Crippen molar-refractivity contribution in [3.63, 3.8) is 0 Å². The summed E-state index contributed by atoms with van der Waals surface area (Å²) in [5.74, 6) is 0. The van der Waals surface area contributed by atoms with E-state index in [-0.39, 0.29) is 13.2 Å². The molecule has 0 aromatic carbocycles. The standard InChI is InChI=1S/C7H14O.C4H10O3/c1-3-6(2)8-7-4-5-7;5-1-3-7-4-2-6/h6-7H,3-5H2,1-2H3;5-6H,1-4H2. The van der Waals surface area contributed by atoms with Crippen molar-refractivity contribution < 1.29 is 19.7 Å². The van der Waals surface area contributed by atoms with Crippen molar-refractivity contribution >= 4 is 0 Å². The van der Waals surface area contributed by atoms with E-state index in [9.17, 15) is 0 Å². The molecule has 0 aromatic rings. The van der Waals surface area contributed by atoms with Crippen LogP contribution in [0.4, 0.5) is 0 Å². The monoisotopic (exact) mass is 220 g/mol. The molecule has 1 aliphatic rings. The Labute approximate surface area is 92.2 Å². The minimum absolute atomic E-state index is 0.0278. The predicted molar refractivity (Wildman–Crippen MR) is 58.9 cm³/mol. The van der Waals surface area contributed by atoms with E-state index < -0.39 is 0 Å². The fourth-order valence-corrected chi connectivity index (χ4v) is 0.860. The van der Waals surface area contributed by atoms with Gasteiger partial charge in [0.15, 0.2) is 0 Å². The van der Waals surface area contributed by atoms with Crippen LogP contribution in [0.5, 0.6) is 0 Å². The Morgan fingerprint density at radius 2 is 1.73 bits per heavy atom. The molecule has 1 aliphatic carbocycles. The maximum atomic E-state index is 8.09. The first-order valence-corrected chi connectivity index (χ1v) is 5.69. The van der Waals surface area contributed by atoms with Crippen molar-refractivity contribution in [3.8, 4) is 0 Å². The summed E-state index contributed by atoms with van der Waals surface area (Å²) in [5, 5.41) is 16.2. The second kappa shape index (κ2) is 10.4. The highest BCUT2D eigenvalue weighted by molar-refractivity contribution is 4.74. The van der Waals surface area contributed by atoms with Gasteiger partial charge in [-0.3, -0.25) is 0 Å².